The van der Waals surface area contributed by atoms with Crippen molar-refractivity contribution >= 4 is 21.9 Å². The monoisotopic (exact) mass is 322 g/mol. The number of hydrogen-bond acceptors (Lipinski definition) is 3. The first-order chi connectivity index (χ1) is 8.47. The van der Waals surface area contributed by atoms with Gasteiger partial charge in [0.25, 0.3) is 0 Å². The second-order valence-electron chi connectivity index (χ2n) is 3.65. The lowest BCUT2D eigenvalue weighted by molar-refractivity contribution is -0.139. The number of aryl methyl sites for hydroxylation is 1. The van der Waals surface area contributed by atoms with Gasteiger partial charge in [0.05, 0.1) is 13.5 Å². The van der Waals surface area contributed by atoms with E-state index in [0.29, 0.717) is 16.5 Å². The molecule has 0 unspecified atom stereocenters. The topological polar surface area (TPSA) is 35.5 Å². The number of esters is 1. The van der Waals surface area contributed by atoms with Crippen molar-refractivity contribution in [2.24, 2.45) is 0 Å². The van der Waals surface area contributed by atoms with E-state index >= 15 is 0 Å². The standard InChI is InChI=1S/C12H13BrF2O3/c1-7-3-9(6-13)8(5-11(16)17-2)4-10(7)18-12(14)15/h3-4,12H,5-6H2,1-2H3. The molecule has 0 aliphatic rings. The SMILES string of the molecule is COC(=O)Cc1cc(OC(F)F)c(C)cc1CBr. The molecule has 3 nitrogen and oxygen atoms in total. The Balaban J connectivity index is 3.09. The van der Waals surface area contributed by atoms with Crippen molar-refractivity contribution in [2.45, 2.75) is 25.3 Å². The van der Waals surface area contributed by atoms with Crippen molar-refractivity contribution in [1.82, 2.24) is 0 Å². The molecule has 0 aliphatic carbocycles. The van der Waals surface area contributed by atoms with E-state index in [2.05, 4.69) is 25.4 Å². The van der Waals surface area contributed by atoms with E-state index in [-0.39, 0.29) is 12.2 Å². The van der Waals surface area contributed by atoms with Gasteiger partial charge in [0.2, 0.25) is 0 Å². The molecule has 0 saturated carbocycles. The summed E-state index contributed by atoms with van der Waals surface area (Å²) in [4.78, 5) is 11.2. The van der Waals surface area contributed by atoms with Gasteiger partial charge in [0, 0.05) is 5.33 Å². The number of alkyl halides is 3. The fraction of sp³-hybridized carbons (Fsp3) is 0.417. The Morgan fingerprint density at radius 1 is 1.39 bits per heavy atom. The quantitative estimate of drug-likeness (QED) is 0.617. The van der Waals surface area contributed by atoms with Gasteiger partial charge in [0.15, 0.2) is 0 Å². The Morgan fingerprint density at radius 2 is 2.06 bits per heavy atom. The van der Waals surface area contributed by atoms with Gasteiger partial charge < -0.3 is 9.47 Å². The van der Waals surface area contributed by atoms with Gasteiger partial charge in [-0.25, -0.2) is 0 Å². The second kappa shape index (κ2) is 6.68. The zero-order valence-corrected chi connectivity index (χ0v) is 11.6. The molecule has 1 aromatic carbocycles. The van der Waals surface area contributed by atoms with E-state index < -0.39 is 12.6 Å². The van der Waals surface area contributed by atoms with Crippen LogP contribution in [0.2, 0.25) is 0 Å². The molecule has 0 bridgehead atoms. The van der Waals surface area contributed by atoms with Crippen LogP contribution in [0, 0.1) is 6.92 Å². The van der Waals surface area contributed by atoms with Crippen molar-refractivity contribution in [3.63, 3.8) is 0 Å². The fourth-order valence-electron chi connectivity index (χ4n) is 1.53. The summed E-state index contributed by atoms with van der Waals surface area (Å²) in [5.74, 6) is -0.349. The highest BCUT2D eigenvalue weighted by atomic mass is 79.9. The number of ether oxygens (including phenoxy) is 2. The number of methoxy groups -OCH3 is 1. The lowest BCUT2D eigenvalue weighted by Gasteiger charge is -2.13. The lowest BCUT2D eigenvalue weighted by Crippen LogP contribution is -2.09. The first-order valence-electron chi connectivity index (χ1n) is 5.18. The van der Waals surface area contributed by atoms with E-state index in [1.54, 1.807) is 13.0 Å². The highest BCUT2D eigenvalue weighted by molar-refractivity contribution is 9.08. The molecule has 6 heteroatoms. The molecule has 1 aromatic rings. The fourth-order valence-corrected chi connectivity index (χ4v) is 2.05. The van der Waals surface area contributed by atoms with Crippen LogP contribution in [-0.2, 0) is 21.3 Å². The van der Waals surface area contributed by atoms with Crippen LogP contribution in [-0.4, -0.2) is 19.7 Å². The first kappa shape index (κ1) is 14.9. The van der Waals surface area contributed by atoms with Gasteiger partial charge in [-0.2, -0.15) is 8.78 Å². The van der Waals surface area contributed by atoms with Crippen molar-refractivity contribution in [2.75, 3.05) is 7.11 Å². The summed E-state index contributed by atoms with van der Waals surface area (Å²) >= 11 is 3.29. The smallest absolute Gasteiger partial charge is 0.387 e. The van der Waals surface area contributed by atoms with E-state index in [1.165, 1.54) is 13.2 Å². The van der Waals surface area contributed by atoms with Crippen molar-refractivity contribution < 1.29 is 23.0 Å². The molecule has 0 aliphatic heterocycles. The summed E-state index contributed by atoms with van der Waals surface area (Å²) in [7, 11) is 1.28. The molecule has 0 fully saturated rings. The maximum absolute atomic E-state index is 12.2. The summed E-state index contributed by atoms with van der Waals surface area (Å²) in [5.41, 5.74) is 2.05. The number of hydrogen-bond donors (Lipinski definition) is 0. The van der Waals surface area contributed by atoms with E-state index in [0.717, 1.165) is 5.56 Å². The summed E-state index contributed by atoms with van der Waals surface area (Å²) in [5, 5.41) is 0.523. The summed E-state index contributed by atoms with van der Waals surface area (Å²) in [6.07, 6.45) is 0.0251. The van der Waals surface area contributed by atoms with Crippen LogP contribution in [0.1, 0.15) is 16.7 Å². The molecule has 0 heterocycles. The van der Waals surface area contributed by atoms with Crippen molar-refractivity contribution in [3.8, 4) is 5.75 Å². The molecule has 100 valence electrons. The van der Waals surface area contributed by atoms with E-state index in [9.17, 15) is 13.6 Å². The number of carbonyl (C=O) groups excluding carboxylic acids is 1. The van der Waals surface area contributed by atoms with Gasteiger partial charge in [-0.15, -0.1) is 0 Å². The lowest BCUT2D eigenvalue weighted by atomic mass is 10.0. The zero-order valence-electron chi connectivity index (χ0n) is 10.0. The Bertz CT molecular complexity index is 436. The van der Waals surface area contributed by atoms with E-state index in [4.69, 9.17) is 0 Å². The average molecular weight is 323 g/mol. The third kappa shape index (κ3) is 3.94. The maximum atomic E-state index is 12.2. The summed E-state index contributed by atoms with van der Waals surface area (Å²) in [6.45, 7) is -1.21. The van der Waals surface area contributed by atoms with Crippen molar-refractivity contribution in [1.29, 1.82) is 0 Å². The van der Waals surface area contributed by atoms with Crippen LogP contribution in [0.4, 0.5) is 8.78 Å². The number of benzene rings is 1. The van der Waals surface area contributed by atoms with Crippen molar-refractivity contribution in [3.05, 3.63) is 28.8 Å². The molecule has 0 aromatic heterocycles. The predicted molar refractivity (Wildman–Crippen MR) is 66.2 cm³/mol. The highest BCUT2D eigenvalue weighted by Gasteiger charge is 2.14. The Kier molecular flexibility index (Phi) is 5.53. The molecule has 0 amide bonds. The van der Waals surface area contributed by atoms with Gasteiger partial charge in [-0.1, -0.05) is 22.0 Å². The molecular formula is C12H13BrF2O3. The Labute approximate surface area is 112 Å². The van der Waals surface area contributed by atoms with Gasteiger partial charge >= 0.3 is 12.6 Å². The van der Waals surface area contributed by atoms with Crippen LogP contribution < -0.4 is 4.74 Å². The molecular weight excluding hydrogens is 310 g/mol. The zero-order chi connectivity index (χ0) is 13.7. The Hall–Kier alpha value is -1.17. The largest absolute Gasteiger partial charge is 0.469 e. The molecule has 0 radical (unpaired) electrons. The minimum Gasteiger partial charge on any atom is -0.469 e. The molecule has 0 spiro atoms. The first-order valence-corrected chi connectivity index (χ1v) is 6.30. The van der Waals surface area contributed by atoms with Gasteiger partial charge in [-0.05, 0) is 29.7 Å². The Morgan fingerprint density at radius 3 is 2.56 bits per heavy atom. The van der Waals surface area contributed by atoms with Crippen LogP contribution in [0.3, 0.4) is 0 Å². The minimum absolute atomic E-state index is 0.0251. The van der Waals surface area contributed by atoms with E-state index in [1.807, 2.05) is 0 Å². The van der Waals surface area contributed by atoms with Crippen LogP contribution in [0.15, 0.2) is 12.1 Å². The third-order valence-corrected chi connectivity index (χ3v) is 3.02. The van der Waals surface area contributed by atoms with Crippen LogP contribution in [0.25, 0.3) is 0 Å². The van der Waals surface area contributed by atoms with Gasteiger partial charge in [-0.3, -0.25) is 4.79 Å². The molecule has 0 N–H and O–H groups in total. The third-order valence-electron chi connectivity index (χ3n) is 2.42. The van der Waals surface area contributed by atoms with Crippen LogP contribution >= 0.6 is 15.9 Å². The highest BCUT2D eigenvalue weighted by Crippen LogP contribution is 2.26. The average Bonchev–Trinajstić information content (AvgIpc) is 2.32. The predicted octanol–water partition coefficient (Wildman–Crippen LogP) is 3.21. The number of halogens is 3. The normalized spacial score (nSPS) is 10.6. The summed E-state index contributed by atoms with van der Waals surface area (Å²) in [6, 6.07) is 3.17. The molecule has 0 atom stereocenters. The number of rotatable bonds is 5. The minimum atomic E-state index is -2.88. The molecule has 0 saturated heterocycles. The van der Waals surface area contributed by atoms with Crippen LogP contribution in [0.5, 0.6) is 5.75 Å². The maximum Gasteiger partial charge on any atom is 0.387 e. The molecule has 1 rings (SSSR count). The van der Waals surface area contributed by atoms with Gasteiger partial charge in [0.1, 0.15) is 5.75 Å². The number of carbonyl (C=O) groups is 1. The molecule has 18 heavy (non-hydrogen) atoms. The second-order valence-corrected chi connectivity index (χ2v) is 4.21. The summed E-state index contributed by atoms with van der Waals surface area (Å²) < 4.78 is 33.4.